The van der Waals surface area contributed by atoms with Gasteiger partial charge in [0.25, 0.3) is 0 Å². The van der Waals surface area contributed by atoms with Crippen LogP contribution in [0.25, 0.3) is 0 Å². The first-order chi connectivity index (χ1) is 5.72. The van der Waals surface area contributed by atoms with E-state index in [1.54, 1.807) is 0 Å². The summed E-state index contributed by atoms with van der Waals surface area (Å²) < 4.78 is 0. The number of rotatable bonds is 3. The second kappa shape index (κ2) is 4.80. The number of hydrogen-bond donors (Lipinski definition) is 1. The molecule has 1 rings (SSSR count). The molecule has 0 aliphatic carbocycles. The van der Waals surface area contributed by atoms with Crippen LogP contribution >= 0.6 is 0 Å². The van der Waals surface area contributed by atoms with E-state index in [2.05, 4.69) is 23.9 Å². The maximum absolute atomic E-state index is 5.53. The predicted octanol–water partition coefficient (Wildman–Crippen LogP) is 0.176. The minimum absolute atomic E-state index is 0.687. The number of hydrogen-bond acceptors (Lipinski definition) is 3. The van der Waals surface area contributed by atoms with Gasteiger partial charge in [0.2, 0.25) is 0 Å². The molecule has 1 fully saturated rings. The molecule has 0 saturated carbocycles. The topological polar surface area (TPSA) is 32.5 Å². The lowest BCUT2D eigenvalue weighted by Crippen LogP contribution is -2.37. The van der Waals surface area contributed by atoms with Gasteiger partial charge in [0.1, 0.15) is 0 Å². The van der Waals surface area contributed by atoms with Crippen molar-refractivity contribution in [3.63, 3.8) is 0 Å². The van der Waals surface area contributed by atoms with Gasteiger partial charge in [0, 0.05) is 13.2 Å². The van der Waals surface area contributed by atoms with Gasteiger partial charge in [0.05, 0.1) is 0 Å². The van der Waals surface area contributed by atoms with Crippen molar-refractivity contribution in [1.29, 1.82) is 0 Å². The van der Waals surface area contributed by atoms with Crippen LogP contribution in [-0.2, 0) is 0 Å². The van der Waals surface area contributed by atoms with Crippen molar-refractivity contribution in [2.24, 2.45) is 11.7 Å². The van der Waals surface area contributed by atoms with E-state index in [1.807, 2.05) is 0 Å². The second-order valence-electron chi connectivity index (χ2n) is 3.97. The molecule has 0 spiro atoms. The van der Waals surface area contributed by atoms with Gasteiger partial charge in [-0.1, -0.05) is 0 Å². The predicted molar refractivity (Wildman–Crippen MR) is 51.9 cm³/mol. The lowest BCUT2D eigenvalue weighted by molar-refractivity contribution is 0.178. The summed E-state index contributed by atoms with van der Waals surface area (Å²) in [6.07, 6.45) is 2.67. The highest BCUT2D eigenvalue weighted by atomic mass is 15.2. The first-order valence-electron chi connectivity index (χ1n) is 4.79. The SMILES string of the molecule is CN1CCC(CN(C)CN)CC1. The second-order valence-corrected chi connectivity index (χ2v) is 3.97. The van der Waals surface area contributed by atoms with E-state index in [4.69, 9.17) is 5.73 Å². The maximum atomic E-state index is 5.53. The Morgan fingerprint density at radius 1 is 1.42 bits per heavy atom. The molecule has 0 aromatic carbocycles. The Labute approximate surface area is 75.5 Å². The van der Waals surface area contributed by atoms with E-state index in [1.165, 1.54) is 32.5 Å². The Kier molecular flexibility index (Phi) is 3.98. The summed E-state index contributed by atoms with van der Waals surface area (Å²) in [5, 5.41) is 0. The third-order valence-corrected chi connectivity index (χ3v) is 2.72. The molecule has 0 radical (unpaired) electrons. The highest BCUT2D eigenvalue weighted by molar-refractivity contribution is 4.71. The van der Waals surface area contributed by atoms with E-state index < -0.39 is 0 Å². The molecule has 1 aliphatic rings. The zero-order valence-electron chi connectivity index (χ0n) is 8.29. The maximum Gasteiger partial charge on any atom is 0.0452 e. The summed E-state index contributed by atoms with van der Waals surface area (Å²) >= 11 is 0. The molecule has 1 saturated heterocycles. The monoisotopic (exact) mass is 171 g/mol. The summed E-state index contributed by atoms with van der Waals surface area (Å²) in [6, 6.07) is 0. The number of likely N-dealkylation sites (tertiary alicyclic amines) is 1. The molecule has 2 N–H and O–H groups in total. The smallest absolute Gasteiger partial charge is 0.0452 e. The molecule has 0 bridgehead atoms. The quantitative estimate of drug-likeness (QED) is 0.615. The lowest BCUT2D eigenvalue weighted by atomic mass is 9.97. The lowest BCUT2D eigenvalue weighted by Gasteiger charge is -2.31. The molecule has 72 valence electrons. The molecule has 0 amide bonds. The summed E-state index contributed by atoms with van der Waals surface area (Å²) in [4.78, 5) is 4.61. The molecule has 0 aromatic heterocycles. The number of nitrogens with two attached hydrogens (primary N) is 1. The highest BCUT2D eigenvalue weighted by Gasteiger charge is 2.17. The fourth-order valence-corrected chi connectivity index (χ4v) is 1.76. The number of piperidine rings is 1. The van der Waals surface area contributed by atoms with Crippen LogP contribution in [-0.4, -0.2) is 50.2 Å². The van der Waals surface area contributed by atoms with E-state index in [0.717, 1.165) is 5.92 Å². The molecule has 0 atom stereocenters. The van der Waals surface area contributed by atoms with Gasteiger partial charge < -0.3 is 10.6 Å². The van der Waals surface area contributed by atoms with Crippen molar-refractivity contribution in [2.45, 2.75) is 12.8 Å². The minimum Gasteiger partial charge on any atom is -0.318 e. The third kappa shape index (κ3) is 3.09. The first kappa shape index (κ1) is 9.96. The van der Waals surface area contributed by atoms with E-state index in [9.17, 15) is 0 Å². The summed E-state index contributed by atoms with van der Waals surface area (Å²) in [5.74, 6) is 0.870. The normalized spacial score (nSPS) is 22.0. The average Bonchev–Trinajstić information content (AvgIpc) is 2.09. The molecule has 0 unspecified atom stereocenters. The number of nitrogens with zero attached hydrogens (tertiary/aromatic N) is 2. The van der Waals surface area contributed by atoms with Crippen LogP contribution < -0.4 is 5.73 Å². The summed E-state index contributed by atoms with van der Waals surface area (Å²) in [7, 11) is 4.29. The Morgan fingerprint density at radius 3 is 2.50 bits per heavy atom. The fraction of sp³-hybridized carbons (Fsp3) is 1.00. The molecule has 1 heterocycles. The van der Waals surface area contributed by atoms with Crippen molar-refractivity contribution in [3.05, 3.63) is 0 Å². The van der Waals surface area contributed by atoms with Crippen LogP contribution in [0, 0.1) is 5.92 Å². The third-order valence-electron chi connectivity index (χ3n) is 2.72. The zero-order valence-corrected chi connectivity index (χ0v) is 8.29. The van der Waals surface area contributed by atoms with Crippen LogP contribution in [0.5, 0.6) is 0 Å². The van der Waals surface area contributed by atoms with Crippen molar-refractivity contribution in [2.75, 3.05) is 40.4 Å². The van der Waals surface area contributed by atoms with E-state index in [-0.39, 0.29) is 0 Å². The van der Waals surface area contributed by atoms with Gasteiger partial charge in [-0.3, -0.25) is 4.90 Å². The summed E-state index contributed by atoms with van der Waals surface area (Å²) in [5.41, 5.74) is 5.53. The van der Waals surface area contributed by atoms with Gasteiger partial charge in [0.15, 0.2) is 0 Å². The standard InChI is InChI=1S/C9H21N3/c1-11-5-3-9(4-6-11)7-12(2)8-10/h9H,3-8,10H2,1-2H3. The van der Waals surface area contributed by atoms with Crippen molar-refractivity contribution in [3.8, 4) is 0 Å². The Morgan fingerprint density at radius 2 is 2.00 bits per heavy atom. The van der Waals surface area contributed by atoms with Gasteiger partial charge in [-0.15, -0.1) is 0 Å². The van der Waals surface area contributed by atoms with E-state index >= 15 is 0 Å². The average molecular weight is 171 g/mol. The van der Waals surface area contributed by atoms with Crippen molar-refractivity contribution < 1.29 is 0 Å². The van der Waals surface area contributed by atoms with Gasteiger partial charge in [-0.25, -0.2) is 0 Å². The van der Waals surface area contributed by atoms with Gasteiger partial charge in [-0.2, -0.15) is 0 Å². The Bertz CT molecular complexity index is 119. The first-order valence-corrected chi connectivity index (χ1v) is 4.79. The minimum atomic E-state index is 0.687. The molecule has 0 aromatic rings. The van der Waals surface area contributed by atoms with Crippen LogP contribution in [0.15, 0.2) is 0 Å². The van der Waals surface area contributed by atoms with Gasteiger partial charge in [-0.05, 0) is 45.9 Å². The van der Waals surface area contributed by atoms with Gasteiger partial charge >= 0.3 is 0 Å². The van der Waals surface area contributed by atoms with Crippen LogP contribution in [0.4, 0.5) is 0 Å². The zero-order chi connectivity index (χ0) is 8.97. The van der Waals surface area contributed by atoms with Crippen LogP contribution in [0.1, 0.15) is 12.8 Å². The molecular formula is C9H21N3. The summed E-state index contributed by atoms with van der Waals surface area (Å²) in [6.45, 7) is 4.36. The highest BCUT2D eigenvalue weighted by Crippen LogP contribution is 2.16. The molecular weight excluding hydrogens is 150 g/mol. The largest absolute Gasteiger partial charge is 0.318 e. The molecule has 12 heavy (non-hydrogen) atoms. The van der Waals surface area contributed by atoms with Crippen molar-refractivity contribution in [1.82, 2.24) is 9.80 Å². The Hall–Kier alpha value is -0.120. The van der Waals surface area contributed by atoms with E-state index in [0.29, 0.717) is 6.67 Å². The molecule has 3 nitrogen and oxygen atoms in total. The molecule has 1 aliphatic heterocycles. The van der Waals surface area contributed by atoms with Crippen molar-refractivity contribution >= 4 is 0 Å². The van der Waals surface area contributed by atoms with Crippen LogP contribution in [0.2, 0.25) is 0 Å². The van der Waals surface area contributed by atoms with Crippen LogP contribution in [0.3, 0.4) is 0 Å². The molecule has 3 heteroatoms. The Balaban J connectivity index is 2.17. The fourth-order valence-electron chi connectivity index (χ4n) is 1.76.